The highest BCUT2D eigenvalue weighted by Gasteiger charge is 2.06. The van der Waals surface area contributed by atoms with Crippen LogP contribution in [0.2, 0.25) is 0 Å². The fraction of sp³-hybridized carbons (Fsp3) is 0.273. The van der Waals surface area contributed by atoms with E-state index in [1.807, 2.05) is 39.0 Å². The van der Waals surface area contributed by atoms with Crippen LogP contribution in [0.15, 0.2) is 47.8 Å². The predicted octanol–water partition coefficient (Wildman–Crippen LogP) is 4.47. The normalized spacial score (nSPS) is 10.6. The van der Waals surface area contributed by atoms with E-state index in [9.17, 15) is 4.79 Å². The summed E-state index contributed by atoms with van der Waals surface area (Å²) in [6.45, 7) is 6.65. The molecule has 0 fully saturated rings. The van der Waals surface area contributed by atoms with E-state index in [4.69, 9.17) is 4.74 Å². The molecule has 1 aromatic heterocycles. The molecule has 2 aromatic carbocycles. The Balaban J connectivity index is 1.43. The van der Waals surface area contributed by atoms with E-state index >= 15 is 0 Å². The smallest absolute Gasteiger partial charge is 0.257 e. The highest BCUT2D eigenvalue weighted by Crippen LogP contribution is 2.22. The highest BCUT2D eigenvalue weighted by molar-refractivity contribution is 7.09. The Morgan fingerprint density at radius 3 is 2.56 bits per heavy atom. The fourth-order valence-electron chi connectivity index (χ4n) is 2.84. The molecule has 0 aliphatic rings. The molecule has 1 N–H and O–H groups in total. The summed E-state index contributed by atoms with van der Waals surface area (Å²) in [6.07, 6.45) is 0.783. The SMILES string of the molecule is Cc1ccc(OCC(=O)NCCc2ccc(-c3csc(C)n3)cc2)c(C)c1. The minimum Gasteiger partial charge on any atom is -0.484 e. The maximum atomic E-state index is 12.0. The number of hydrogen-bond donors (Lipinski definition) is 1. The molecule has 0 radical (unpaired) electrons. The van der Waals surface area contributed by atoms with Crippen LogP contribution in [0.4, 0.5) is 0 Å². The first-order chi connectivity index (χ1) is 13.0. The number of benzene rings is 2. The largest absolute Gasteiger partial charge is 0.484 e. The van der Waals surface area contributed by atoms with Crippen molar-refractivity contribution in [3.05, 3.63) is 69.5 Å². The van der Waals surface area contributed by atoms with Crippen LogP contribution in [0.1, 0.15) is 21.7 Å². The van der Waals surface area contributed by atoms with Gasteiger partial charge >= 0.3 is 0 Å². The summed E-state index contributed by atoms with van der Waals surface area (Å²) in [6, 6.07) is 14.3. The zero-order valence-electron chi connectivity index (χ0n) is 15.9. The lowest BCUT2D eigenvalue weighted by atomic mass is 10.1. The summed E-state index contributed by atoms with van der Waals surface area (Å²) in [7, 11) is 0. The van der Waals surface area contributed by atoms with Gasteiger partial charge in [0.2, 0.25) is 0 Å². The van der Waals surface area contributed by atoms with Gasteiger partial charge in [-0.15, -0.1) is 11.3 Å². The Hall–Kier alpha value is -2.66. The second-order valence-corrected chi connectivity index (χ2v) is 7.67. The van der Waals surface area contributed by atoms with E-state index in [0.29, 0.717) is 6.54 Å². The lowest BCUT2D eigenvalue weighted by Gasteiger charge is -2.10. The number of rotatable bonds is 7. The Kier molecular flexibility index (Phi) is 6.24. The third-order valence-corrected chi connectivity index (χ3v) is 5.07. The molecule has 4 nitrogen and oxygen atoms in total. The van der Waals surface area contributed by atoms with E-state index in [2.05, 4.69) is 39.9 Å². The molecule has 3 aromatic rings. The van der Waals surface area contributed by atoms with E-state index in [1.165, 1.54) is 11.1 Å². The Labute approximate surface area is 164 Å². The van der Waals surface area contributed by atoms with Gasteiger partial charge in [0.1, 0.15) is 5.75 Å². The van der Waals surface area contributed by atoms with Crippen LogP contribution in [0.25, 0.3) is 11.3 Å². The Morgan fingerprint density at radius 2 is 1.89 bits per heavy atom. The minimum atomic E-state index is -0.107. The molecule has 0 aliphatic carbocycles. The zero-order valence-corrected chi connectivity index (χ0v) is 16.7. The third kappa shape index (κ3) is 5.41. The van der Waals surface area contributed by atoms with Crippen molar-refractivity contribution in [3.63, 3.8) is 0 Å². The summed E-state index contributed by atoms with van der Waals surface area (Å²) in [5.41, 5.74) is 5.54. The molecule has 0 saturated carbocycles. The summed E-state index contributed by atoms with van der Waals surface area (Å²) < 4.78 is 5.61. The molecule has 0 saturated heterocycles. The molecule has 27 heavy (non-hydrogen) atoms. The standard InChI is InChI=1S/C22H24N2O2S/c1-15-4-9-21(16(2)12-15)26-13-22(25)23-11-10-18-5-7-19(8-6-18)20-14-27-17(3)24-20/h4-9,12,14H,10-11,13H2,1-3H3,(H,23,25). The summed E-state index contributed by atoms with van der Waals surface area (Å²) in [4.78, 5) is 16.5. The Morgan fingerprint density at radius 1 is 1.11 bits per heavy atom. The van der Waals surface area contributed by atoms with Gasteiger partial charge in [0.05, 0.1) is 10.7 Å². The third-order valence-electron chi connectivity index (χ3n) is 4.29. The van der Waals surface area contributed by atoms with Crippen LogP contribution in [0.3, 0.4) is 0 Å². The number of ether oxygens (including phenoxy) is 1. The second-order valence-electron chi connectivity index (χ2n) is 6.61. The number of amides is 1. The average Bonchev–Trinajstić information content (AvgIpc) is 3.08. The first kappa shape index (κ1) is 19.1. The number of nitrogens with zero attached hydrogens (tertiary/aromatic N) is 1. The lowest BCUT2D eigenvalue weighted by molar-refractivity contribution is -0.123. The van der Waals surface area contributed by atoms with Gasteiger partial charge in [0.25, 0.3) is 5.91 Å². The molecule has 0 spiro atoms. The van der Waals surface area contributed by atoms with Gasteiger partial charge in [0.15, 0.2) is 6.61 Å². The van der Waals surface area contributed by atoms with Crippen molar-refractivity contribution in [3.8, 4) is 17.0 Å². The quantitative estimate of drug-likeness (QED) is 0.658. The van der Waals surface area contributed by atoms with Crippen molar-refractivity contribution >= 4 is 17.2 Å². The predicted molar refractivity (Wildman–Crippen MR) is 110 cm³/mol. The molecular formula is C22H24N2O2S. The number of hydrogen-bond acceptors (Lipinski definition) is 4. The molecule has 140 valence electrons. The van der Waals surface area contributed by atoms with E-state index < -0.39 is 0 Å². The molecule has 1 heterocycles. The van der Waals surface area contributed by atoms with Gasteiger partial charge in [-0.3, -0.25) is 4.79 Å². The van der Waals surface area contributed by atoms with Gasteiger partial charge in [-0.2, -0.15) is 0 Å². The first-order valence-electron chi connectivity index (χ1n) is 8.99. The maximum absolute atomic E-state index is 12.0. The van der Waals surface area contributed by atoms with Crippen molar-refractivity contribution in [2.24, 2.45) is 0 Å². The monoisotopic (exact) mass is 380 g/mol. The Bertz CT molecular complexity index is 916. The van der Waals surface area contributed by atoms with Gasteiger partial charge in [-0.25, -0.2) is 4.98 Å². The maximum Gasteiger partial charge on any atom is 0.257 e. The summed E-state index contributed by atoms with van der Waals surface area (Å²) >= 11 is 1.65. The topological polar surface area (TPSA) is 51.2 Å². The molecule has 0 aliphatic heterocycles. The van der Waals surface area contributed by atoms with Crippen molar-refractivity contribution in [2.45, 2.75) is 27.2 Å². The fourth-order valence-corrected chi connectivity index (χ4v) is 3.46. The number of carbonyl (C=O) groups excluding carboxylic acids is 1. The van der Waals surface area contributed by atoms with Crippen LogP contribution >= 0.6 is 11.3 Å². The van der Waals surface area contributed by atoms with Crippen molar-refractivity contribution in [2.75, 3.05) is 13.2 Å². The number of aryl methyl sites for hydroxylation is 3. The number of aromatic nitrogens is 1. The zero-order chi connectivity index (χ0) is 19.2. The van der Waals surface area contributed by atoms with Gasteiger partial charge < -0.3 is 10.1 Å². The molecule has 0 unspecified atom stereocenters. The van der Waals surface area contributed by atoms with Gasteiger partial charge in [-0.05, 0) is 44.4 Å². The lowest BCUT2D eigenvalue weighted by Crippen LogP contribution is -2.30. The van der Waals surface area contributed by atoms with Crippen LogP contribution in [0.5, 0.6) is 5.75 Å². The van der Waals surface area contributed by atoms with Crippen LogP contribution in [0, 0.1) is 20.8 Å². The number of thiazole rings is 1. The van der Waals surface area contributed by atoms with E-state index in [1.54, 1.807) is 11.3 Å². The van der Waals surface area contributed by atoms with Crippen LogP contribution in [-0.2, 0) is 11.2 Å². The molecule has 3 rings (SSSR count). The molecule has 0 atom stereocenters. The summed E-state index contributed by atoms with van der Waals surface area (Å²) in [5, 5.41) is 6.05. The molecule has 1 amide bonds. The minimum absolute atomic E-state index is 0.0337. The summed E-state index contributed by atoms with van der Waals surface area (Å²) in [5.74, 6) is 0.646. The van der Waals surface area contributed by atoms with Gasteiger partial charge in [0, 0.05) is 17.5 Å². The average molecular weight is 381 g/mol. The molecule has 5 heteroatoms. The highest BCUT2D eigenvalue weighted by atomic mass is 32.1. The molecule has 0 bridgehead atoms. The van der Waals surface area contributed by atoms with Gasteiger partial charge in [-0.1, -0.05) is 42.0 Å². The number of carbonyl (C=O) groups is 1. The second kappa shape index (κ2) is 8.82. The van der Waals surface area contributed by atoms with Crippen molar-refractivity contribution in [1.29, 1.82) is 0 Å². The first-order valence-corrected chi connectivity index (χ1v) is 9.87. The van der Waals surface area contributed by atoms with Crippen LogP contribution < -0.4 is 10.1 Å². The number of nitrogens with one attached hydrogen (secondary N) is 1. The van der Waals surface area contributed by atoms with Crippen LogP contribution in [-0.4, -0.2) is 24.0 Å². The molecular weight excluding hydrogens is 356 g/mol. The van der Waals surface area contributed by atoms with E-state index in [0.717, 1.165) is 34.0 Å². The van der Waals surface area contributed by atoms with Crippen molar-refractivity contribution in [1.82, 2.24) is 10.3 Å². The van der Waals surface area contributed by atoms with Crippen molar-refractivity contribution < 1.29 is 9.53 Å². The van der Waals surface area contributed by atoms with E-state index in [-0.39, 0.29) is 12.5 Å².